The van der Waals surface area contributed by atoms with Gasteiger partial charge in [0.05, 0.1) is 0 Å². The van der Waals surface area contributed by atoms with Gasteiger partial charge in [-0.15, -0.1) is 0 Å². The van der Waals surface area contributed by atoms with Crippen LogP contribution in [0.5, 0.6) is 5.75 Å². The number of aromatic nitrogens is 1. The van der Waals surface area contributed by atoms with Gasteiger partial charge in [-0.3, -0.25) is 4.79 Å². The first-order chi connectivity index (χ1) is 10.6. The fourth-order valence-corrected chi connectivity index (χ4v) is 2.05. The Morgan fingerprint density at radius 3 is 2.64 bits per heavy atom. The molecule has 1 heterocycles. The second kappa shape index (κ2) is 7.45. The average molecular weight is 299 g/mol. The Hall–Kier alpha value is -2.56. The Kier molecular flexibility index (Phi) is 5.36. The fraction of sp³-hybridized carbons (Fsp3) is 0.294. The smallest absolute Gasteiger partial charge is 0.261 e. The minimum atomic E-state index is -0.554. The molecule has 0 bridgehead atoms. The van der Waals surface area contributed by atoms with Gasteiger partial charge in [-0.1, -0.05) is 24.3 Å². The molecule has 1 atom stereocenters. The molecular weight excluding hydrogens is 278 g/mol. The Morgan fingerprint density at radius 1 is 1.23 bits per heavy atom. The summed E-state index contributed by atoms with van der Waals surface area (Å²) < 4.78 is 5.60. The number of pyridine rings is 1. The molecule has 0 saturated heterocycles. The molecule has 22 heavy (non-hydrogen) atoms. The van der Waals surface area contributed by atoms with Crippen molar-refractivity contribution >= 4 is 11.7 Å². The quantitative estimate of drug-likeness (QED) is 0.888. The topological polar surface area (TPSA) is 54.5 Å². The van der Waals surface area contributed by atoms with E-state index in [-0.39, 0.29) is 5.91 Å². The first kappa shape index (κ1) is 15.8. The van der Waals surface area contributed by atoms with E-state index in [1.165, 1.54) is 0 Å². The summed E-state index contributed by atoms with van der Waals surface area (Å²) in [6.07, 6.45) is 1.18. The number of nitrogens with one attached hydrogen (secondary N) is 1. The maximum absolute atomic E-state index is 12.1. The van der Waals surface area contributed by atoms with Crippen LogP contribution in [0.2, 0.25) is 0 Å². The van der Waals surface area contributed by atoms with Crippen molar-refractivity contribution in [3.8, 4) is 5.75 Å². The Morgan fingerprint density at radius 2 is 1.95 bits per heavy atom. The molecule has 0 radical (unpaired) electrons. The molecule has 0 saturated carbocycles. The lowest BCUT2D eigenvalue weighted by molar-refractivity contribution is -0.127. The van der Waals surface area contributed by atoms with E-state index < -0.39 is 6.10 Å². The van der Waals surface area contributed by atoms with E-state index in [9.17, 15) is 4.79 Å². The van der Waals surface area contributed by atoms with Crippen LogP contribution in [0.15, 0.2) is 48.7 Å². The highest BCUT2D eigenvalue weighted by atomic mass is 16.5. The summed E-state index contributed by atoms with van der Waals surface area (Å²) in [5, 5.41) is 2.88. The molecule has 0 spiro atoms. The summed E-state index contributed by atoms with van der Waals surface area (Å²) in [6, 6.07) is 13.1. The predicted octanol–water partition coefficient (Wildman–Crippen LogP) is 2.23. The van der Waals surface area contributed by atoms with Crippen molar-refractivity contribution in [3.63, 3.8) is 0 Å². The highest BCUT2D eigenvalue weighted by Gasteiger charge is 2.15. The van der Waals surface area contributed by atoms with Gasteiger partial charge in [0.25, 0.3) is 5.91 Å². The number of nitrogens with zero attached hydrogens (tertiary/aromatic N) is 2. The van der Waals surface area contributed by atoms with E-state index in [0.29, 0.717) is 12.3 Å². The zero-order chi connectivity index (χ0) is 15.9. The third-order valence-corrected chi connectivity index (χ3v) is 3.17. The van der Waals surface area contributed by atoms with Gasteiger partial charge in [0.15, 0.2) is 6.10 Å². The molecule has 5 heteroatoms. The SMILES string of the molecule is CC(Oc1ccccc1)C(=O)NCc1cccnc1N(C)C. The Balaban J connectivity index is 1.93. The third kappa shape index (κ3) is 4.22. The number of carbonyl (C=O) groups excluding carboxylic acids is 1. The highest BCUT2D eigenvalue weighted by molar-refractivity contribution is 5.80. The zero-order valence-electron chi connectivity index (χ0n) is 13.1. The summed E-state index contributed by atoms with van der Waals surface area (Å²) in [5.41, 5.74) is 0.966. The van der Waals surface area contributed by atoms with Crippen molar-refractivity contribution in [1.82, 2.24) is 10.3 Å². The molecule has 2 rings (SSSR count). The van der Waals surface area contributed by atoms with Gasteiger partial charge in [-0.25, -0.2) is 4.98 Å². The van der Waals surface area contributed by atoms with E-state index in [1.807, 2.05) is 61.5 Å². The summed E-state index contributed by atoms with van der Waals surface area (Å²) in [7, 11) is 3.85. The Labute approximate surface area is 130 Å². The minimum absolute atomic E-state index is 0.155. The van der Waals surface area contributed by atoms with Gasteiger partial charge in [-0.05, 0) is 25.1 Å². The molecule has 0 fully saturated rings. The van der Waals surface area contributed by atoms with Crippen molar-refractivity contribution < 1.29 is 9.53 Å². The molecule has 0 aliphatic heterocycles. The van der Waals surface area contributed by atoms with E-state index in [1.54, 1.807) is 13.1 Å². The molecule has 1 unspecified atom stereocenters. The number of rotatable bonds is 6. The third-order valence-electron chi connectivity index (χ3n) is 3.17. The Bertz CT molecular complexity index is 614. The second-order valence-corrected chi connectivity index (χ2v) is 5.17. The van der Waals surface area contributed by atoms with Gasteiger partial charge in [0.2, 0.25) is 0 Å². The molecule has 0 aliphatic carbocycles. The van der Waals surface area contributed by atoms with Crippen molar-refractivity contribution in [2.45, 2.75) is 19.6 Å². The molecule has 5 nitrogen and oxygen atoms in total. The first-order valence-electron chi connectivity index (χ1n) is 7.18. The number of ether oxygens (including phenoxy) is 1. The van der Waals surface area contributed by atoms with E-state index in [4.69, 9.17) is 4.74 Å². The monoisotopic (exact) mass is 299 g/mol. The number of anilines is 1. The van der Waals surface area contributed by atoms with Gasteiger partial charge in [0.1, 0.15) is 11.6 Å². The van der Waals surface area contributed by atoms with Crippen LogP contribution in [-0.2, 0) is 11.3 Å². The first-order valence-corrected chi connectivity index (χ1v) is 7.18. The summed E-state index contributed by atoms with van der Waals surface area (Å²) in [6.45, 7) is 2.15. The van der Waals surface area contributed by atoms with Gasteiger partial charge < -0.3 is 15.0 Å². The van der Waals surface area contributed by atoms with Crippen LogP contribution >= 0.6 is 0 Å². The van der Waals surface area contributed by atoms with Gasteiger partial charge in [-0.2, -0.15) is 0 Å². The number of hydrogen-bond acceptors (Lipinski definition) is 4. The molecule has 116 valence electrons. The molecule has 0 aliphatic rings. The minimum Gasteiger partial charge on any atom is -0.481 e. The summed E-state index contributed by atoms with van der Waals surface area (Å²) in [5.74, 6) is 1.37. The standard InChI is InChI=1S/C17H21N3O2/c1-13(22-15-9-5-4-6-10-15)17(21)19-12-14-8-7-11-18-16(14)20(2)3/h4-11,13H,12H2,1-3H3,(H,19,21). The van der Waals surface area contributed by atoms with Crippen molar-refractivity contribution in [3.05, 3.63) is 54.2 Å². The predicted molar refractivity (Wildman–Crippen MR) is 86.9 cm³/mol. The number of hydrogen-bond donors (Lipinski definition) is 1. The largest absolute Gasteiger partial charge is 0.481 e. The molecule has 1 amide bonds. The molecule has 1 N–H and O–H groups in total. The van der Waals surface area contributed by atoms with Crippen LogP contribution in [-0.4, -0.2) is 31.1 Å². The van der Waals surface area contributed by atoms with Crippen LogP contribution in [0.4, 0.5) is 5.82 Å². The maximum Gasteiger partial charge on any atom is 0.261 e. The zero-order valence-corrected chi connectivity index (χ0v) is 13.1. The molecule has 1 aromatic carbocycles. The normalized spacial score (nSPS) is 11.6. The summed E-state index contributed by atoms with van der Waals surface area (Å²) in [4.78, 5) is 18.4. The molecule has 1 aromatic heterocycles. The fourth-order valence-electron chi connectivity index (χ4n) is 2.05. The molecular formula is C17H21N3O2. The molecule has 2 aromatic rings. The van der Waals surface area contributed by atoms with Crippen LogP contribution in [0, 0.1) is 0 Å². The number of benzene rings is 1. The van der Waals surface area contributed by atoms with Crippen LogP contribution in [0.1, 0.15) is 12.5 Å². The lowest BCUT2D eigenvalue weighted by Gasteiger charge is -2.18. The lowest BCUT2D eigenvalue weighted by Crippen LogP contribution is -2.36. The highest BCUT2D eigenvalue weighted by Crippen LogP contribution is 2.14. The number of carbonyl (C=O) groups is 1. The number of para-hydroxylation sites is 1. The van der Waals surface area contributed by atoms with E-state index in [2.05, 4.69) is 10.3 Å². The summed E-state index contributed by atoms with van der Waals surface area (Å²) >= 11 is 0. The van der Waals surface area contributed by atoms with E-state index in [0.717, 1.165) is 11.4 Å². The van der Waals surface area contributed by atoms with Crippen molar-refractivity contribution in [1.29, 1.82) is 0 Å². The van der Waals surface area contributed by atoms with Crippen LogP contribution in [0.3, 0.4) is 0 Å². The van der Waals surface area contributed by atoms with Gasteiger partial charge >= 0.3 is 0 Å². The van der Waals surface area contributed by atoms with Crippen LogP contribution < -0.4 is 15.0 Å². The average Bonchev–Trinajstić information content (AvgIpc) is 2.53. The second-order valence-electron chi connectivity index (χ2n) is 5.17. The lowest BCUT2D eigenvalue weighted by atomic mass is 10.2. The number of amides is 1. The van der Waals surface area contributed by atoms with Gasteiger partial charge in [0, 0.05) is 32.4 Å². The van der Waals surface area contributed by atoms with Crippen LogP contribution in [0.25, 0.3) is 0 Å². The maximum atomic E-state index is 12.1. The van der Waals surface area contributed by atoms with Crippen molar-refractivity contribution in [2.75, 3.05) is 19.0 Å². The van der Waals surface area contributed by atoms with Crippen molar-refractivity contribution in [2.24, 2.45) is 0 Å². The van der Waals surface area contributed by atoms with E-state index >= 15 is 0 Å².